The number of para-hydroxylation sites is 1. The molecule has 20 heavy (non-hydrogen) atoms. The quantitative estimate of drug-likeness (QED) is 0.940. The first-order valence-electron chi connectivity index (χ1n) is 6.20. The molecule has 0 aliphatic carbocycles. The van der Waals surface area contributed by atoms with Crippen molar-refractivity contribution in [3.8, 4) is 11.5 Å². The van der Waals surface area contributed by atoms with Crippen LogP contribution >= 0.6 is 0 Å². The maximum atomic E-state index is 11.4. The first kappa shape index (κ1) is 14.6. The van der Waals surface area contributed by atoms with E-state index in [1.807, 2.05) is 31.2 Å². The van der Waals surface area contributed by atoms with Crippen molar-refractivity contribution in [2.24, 2.45) is 5.73 Å². The molecule has 1 unspecified atom stereocenters. The predicted octanol–water partition coefficient (Wildman–Crippen LogP) is 2.90. The third-order valence-electron chi connectivity index (χ3n) is 2.89. The minimum atomic E-state index is -3.19. The number of ether oxygens (including phenoxy) is 1. The average molecular weight is 291 g/mol. The summed E-state index contributed by atoms with van der Waals surface area (Å²) in [6.45, 7) is 1.88. The van der Waals surface area contributed by atoms with Gasteiger partial charge in [-0.15, -0.1) is 0 Å². The van der Waals surface area contributed by atoms with Crippen LogP contribution in [0.4, 0.5) is 0 Å². The van der Waals surface area contributed by atoms with E-state index in [1.54, 1.807) is 12.1 Å². The van der Waals surface area contributed by atoms with Gasteiger partial charge >= 0.3 is 0 Å². The Hall–Kier alpha value is -1.85. The highest BCUT2D eigenvalue weighted by Crippen LogP contribution is 2.29. The predicted molar refractivity (Wildman–Crippen MR) is 78.7 cm³/mol. The van der Waals surface area contributed by atoms with Crippen molar-refractivity contribution in [1.82, 2.24) is 0 Å². The number of rotatable bonds is 4. The van der Waals surface area contributed by atoms with E-state index in [-0.39, 0.29) is 10.9 Å². The van der Waals surface area contributed by atoms with E-state index in [0.29, 0.717) is 11.5 Å². The minimum Gasteiger partial charge on any atom is -0.457 e. The molecule has 0 fully saturated rings. The van der Waals surface area contributed by atoms with E-state index in [4.69, 9.17) is 10.5 Å². The molecular formula is C15H17NO3S. The minimum absolute atomic E-state index is 0.138. The van der Waals surface area contributed by atoms with E-state index in [0.717, 1.165) is 5.56 Å². The Morgan fingerprint density at radius 1 is 1.05 bits per heavy atom. The van der Waals surface area contributed by atoms with Crippen LogP contribution in [-0.2, 0) is 9.84 Å². The fraction of sp³-hybridized carbons (Fsp3) is 0.200. The zero-order valence-electron chi connectivity index (χ0n) is 11.4. The summed E-state index contributed by atoms with van der Waals surface area (Å²) in [5.41, 5.74) is 6.79. The van der Waals surface area contributed by atoms with E-state index in [2.05, 4.69) is 0 Å². The Bertz CT molecular complexity index is 691. The van der Waals surface area contributed by atoms with Gasteiger partial charge in [0.1, 0.15) is 11.5 Å². The first-order valence-corrected chi connectivity index (χ1v) is 8.09. The zero-order chi connectivity index (χ0) is 14.8. The monoisotopic (exact) mass is 291 g/mol. The lowest BCUT2D eigenvalue weighted by Gasteiger charge is -2.13. The standard InChI is InChI=1S/C15H17NO3S/c1-11(16)14-5-3-4-6-15(14)19-12-7-9-13(10-8-12)20(2,17)18/h3-11H,16H2,1-2H3. The van der Waals surface area contributed by atoms with Crippen molar-refractivity contribution in [3.63, 3.8) is 0 Å². The maximum absolute atomic E-state index is 11.4. The molecule has 0 radical (unpaired) electrons. The smallest absolute Gasteiger partial charge is 0.175 e. The normalized spacial score (nSPS) is 12.9. The van der Waals surface area contributed by atoms with Gasteiger partial charge in [-0.1, -0.05) is 18.2 Å². The molecule has 5 heteroatoms. The maximum Gasteiger partial charge on any atom is 0.175 e. The van der Waals surface area contributed by atoms with Crippen LogP contribution in [-0.4, -0.2) is 14.7 Å². The third-order valence-corrected chi connectivity index (χ3v) is 4.02. The summed E-state index contributed by atoms with van der Waals surface area (Å²) in [4.78, 5) is 0.269. The molecule has 4 nitrogen and oxygen atoms in total. The van der Waals surface area contributed by atoms with E-state index in [9.17, 15) is 8.42 Å². The first-order chi connectivity index (χ1) is 9.38. The van der Waals surface area contributed by atoms with Crippen LogP contribution in [0.2, 0.25) is 0 Å². The molecule has 0 bridgehead atoms. The Morgan fingerprint density at radius 3 is 2.20 bits per heavy atom. The largest absolute Gasteiger partial charge is 0.457 e. The summed E-state index contributed by atoms with van der Waals surface area (Å²) in [5, 5.41) is 0. The van der Waals surface area contributed by atoms with Crippen LogP contribution < -0.4 is 10.5 Å². The van der Waals surface area contributed by atoms with Crippen molar-refractivity contribution < 1.29 is 13.2 Å². The van der Waals surface area contributed by atoms with Crippen LogP contribution in [0.3, 0.4) is 0 Å². The second kappa shape index (κ2) is 5.64. The van der Waals surface area contributed by atoms with E-state index < -0.39 is 9.84 Å². The van der Waals surface area contributed by atoms with Gasteiger partial charge < -0.3 is 10.5 Å². The lowest BCUT2D eigenvalue weighted by atomic mass is 10.1. The fourth-order valence-corrected chi connectivity index (χ4v) is 2.46. The zero-order valence-corrected chi connectivity index (χ0v) is 12.2. The van der Waals surface area contributed by atoms with Gasteiger partial charge in [0.05, 0.1) is 4.90 Å². The molecule has 0 amide bonds. The summed E-state index contributed by atoms with van der Waals surface area (Å²) >= 11 is 0. The molecular weight excluding hydrogens is 274 g/mol. The number of sulfone groups is 1. The van der Waals surface area contributed by atoms with Crippen molar-refractivity contribution in [2.75, 3.05) is 6.26 Å². The number of hydrogen-bond acceptors (Lipinski definition) is 4. The molecule has 0 heterocycles. The number of benzene rings is 2. The van der Waals surface area contributed by atoms with Crippen molar-refractivity contribution in [3.05, 3.63) is 54.1 Å². The molecule has 106 valence electrons. The fourth-order valence-electron chi connectivity index (χ4n) is 1.83. The third kappa shape index (κ3) is 3.37. The summed E-state index contributed by atoms with van der Waals surface area (Å²) in [6, 6.07) is 13.7. The molecule has 0 aromatic heterocycles. The molecule has 0 saturated carbocycles. The molecule has 2 rings (SSSR count). The summed E-state index contributed by atoms with van der Waals surface area (Å²) in [6.07, 6.45) is 1.17. The molecule has 0 saturated heterocycles. The second-order valence-corrected chi connectivity index (χ2v) is 6.69. The van der Waals surface area contributed by atoms with Gasteiger partial charge in [-0.3, -0.25) is 0 Å². The van der Waals surface area contributed by atoms with Crippen LogP contribution in [0.5, 0.6) is 11.5 Å². The summed E-state index contributed by atoms with van der Waals surface area (Å²) < 4.78 is 28.5. The lowest BCUT2D eigenvalue weighted by Crippen LogP contribution is -2.06. The van der Waals surface area contributed by atoms with Gasteiger partial charge in [-0.2, -0.15) is 0 Å². The molecule has 0 spiro atoms. The van der Waals surface area contributed by atoms with Gasteiger partial charge in [0.25, 0.3) is 0 Å². The van der Waals surface area contributed by atoms with Crippen LogP contribution in [0.15, 0.2) is 53.4 Å². The van der Waals surface area contributed by atoms with Gasteiger partial charge in [0.2, 0.25) is 0 Å². The highest BCUT2D eigenvalue weighted by atomic mass is 32.2. The highest BCUT2D eigenvalue weighted by Gasteiger charge is 2.10. The molecule has 2 aromatic rings. The van der Waals surface area contributed by atoms with Crippen LogP contribution in [0.25, 0.3) is 0 Å². The summed E-state index contributed by atoms with van der Waals surface area (Å²) in [7, 11) is -3.19. The van der Waals surface area contributed by atoms with Gasteiger partial charge in [-0.05, 0) is 37.3 Å². The Labute approximate surface area is 119 Å². The molecule has 0 aliphatic heterocycles. The molecule has 2 N–H and O–H groups in total. The van der Waals surface area contributed by atoms with Crippen molar-refractivity contribution in [1.29, 1.82) is 0 Å². The number of nitrogens with two attached hydrogens (primary N) is 1. The van der Waals surface area contributed by atoms with Gasteiger partial charge in [0.15, 0.2) is 9.84 Å². The van der Waals surface area contributed by atoms with Crippen molar-refractivity contribution in [2.45, 2.75) is 17.9 Å². The Kier molecular flexibility index (Phi) is 4.11. The molecule has 1 atom stereocenters. The highest BCUT2D eigenvalue weighted by molar-refractivity contribution is 7.90. The van der Waals surface area contributed by atoms with Crippen LogP contribution in [0.1, 0.15) is 18.5 Å². The molecule has 0 aliphatic rings. The SMILES string of the molecule is CC(N)c1ccccc1Oc1ccc(S(C)(=O)=O)cc1. The second-order valence-electron chi connectivity index (χ2n) is 4.67. The Balaban J connectivity index is 2.27. The van der Waals surface area contributed by atoms with Crippen molar-refractivity contribution >= 4 is 9.84 Å². The summed E-state index contributed by atoms with van der Waals surface area (Å²) in [5.74, 6) is 1.25. The van der Waals surface area contributed by atoms with Gasteiger partial charge in [0, 0.05) is 17.9 Å². The topological polar surface area (TPSA) is 69.4 Å². The molecule has 2 aromatic carbocycles. The Morgan fingerprint density at radius 2 is 1.65 bits per heavy atom. The lowest BCUT2D eigenvalue weighted by molar-refractivity contribution is 0.471. The van der Waals surface area contributed by atoms with E-state index in [1.165, 1.54) is 18.4 Å². The van der Waals surface area contributed by atoms with E-state index >= 15 is 0 Å². The van der Waals surface area contributed by atoms with Crippen LogP contribution in [0, 0.1) is 0 Å². The number of hydrogen-bond donors (Lipinski definition) is 1. The van der Waals surface area contributed by atoms with Gasteiger partial charge in [-0.25, -0.2) is 8.42 Å². The average Bonchev–Trinajstić information content (AvgIpc) is 2.38.